The molecule has 5 heteroatoms. The van der Waals surface area contributed by atoms with Crippen molar-refractivity contribution < 1.29 is 4.74 Å². The molecule has 0 aromatic carbocycles. The highest BCUT2D eigenvalue weighted by atomic mass is 16.5. The summed E-state index contributed by atoms with van der Waals surface area (Å²) in [5.74, 6) is 1.52. The Bertz CT molecular complexity index is 379. The van der Waals surface area contributed by atoms with Gasteiger partial charge in [-0.2, -0.15) is 4.98 Å². The molecule has 0 atom stereocenters. The molecule has 2 N–H and O–H groups in total. The number of nitrogens with one attached hydrogen (secondary N) is 2. The average molecular weight is 252 g/mol. The van der Waals surface area contributed by atoms with Gasteiger partial charge in [0.25, 0.3) is 0 Å². The fraction of sp³-hybridized carbons (Fsp3) is 0.692. The van der Waals surface area contributed by atoms with E-state index in [1.807, 2.05) is 13.1 Å². The summed E-state index contributed by atoms with van der Waals surface area (Å²) in [7, 11) is 1.70. The fourth-order valence-electron chi connectivity index (χ4n) is 1.61. The van der Waals surface area contributed by atoms with Crippen LogP contribution in [0.15, 0.2) is 6.20 Å². The smallest absolute Gasteiger partial charge is 0.224 e. The molecule has 0 spiro atoms. The van der Waals surface area contributed by atoms with Crippen LogP contribution in [0.3, 0.4) is 0 Å². The molecule has 0 saturated carbocycles. The monoisotopic (exact) mass is 252 g/mol. The van der Waals surface area contributed by atoms with Crippen LogP contribution in [0.4, 0.5) is 11.8 Å². The van der Waals surface area contributed by atoms with Gasteiger partial charge in [0.05, 0.1) is 12.1 Å². The third-order valence-corrected chi connectivity index (χ3v) is 2.47. The molecule has 1 heterocycles. The van der Waals surface area contributed by atoms with E-state index in [1.54, 1.807) is 7.11 Å². The quantitative estimate of drug-likeness (QED) is 0.780. The van der Waals surface area contributed by atoms with Crippen molar-refractivity contribution in [2.24, 2.45) is 0 Å². The molecule has 0 fully saturated rings. The maximum atomic E-state index is 5.19. The number of aryl methyl sites for hydroxylation is 1. The number of nitrogens with zero attached hydrogens (tertiary/aromatic N) is 2. The van der Waals surface area contributed by atoms with Gasteiger partial charge in [-0.15, -0.1) is 0 Å². The minimum absolute atomic E-state index is 0.157. The zero-order valence-electron chi connectivity index (χ0n) is 12.0. The van der Waals surface area contributed by atoms with Gasteiger partial charge in [0.15, 0.2) is 0 Å². The molecular formula is C13H24N4O. The number of rotatable bonds is 7. The lowest BCUT2D eigenvalue weighted by Crippen LogP contribution is -2.36. The molecule has 18 heavy (non-hydrogen) atoms. The van der Waals surface area contributed by atoms with Crippen molar-refractivity contribution in [2.75, 3.05) is 30.9 Å². The molecule has 0 unspecified atom stereocenters. The minimum Gasteiger partial charge on any atom is -0.382 e. The van der Waals surface area contributed by atoms with Crippen molar-refractivity contribution in [3.05, 3.63) is 11.8 Å². The van der Waals surface area contributed by atoms with E-state index in [0.717, 1.165) is 24.3 Å². The van der Waals surface area contributed by atoms with Gasteiger partial charge in [-0.25, -0.2) is 4.98 Å². The first-order chi connectivity index (χ1) is 8.48. The van der Waals surface area contributed by atoms with Gasteiger partial charge in [-0.05, 0) is 27.2 Å². The Labute approximate surface area is 109 Å². The molecule has 0 aliphatic heterocycles. The minimum atomic E-state index is -0.157. The summed E-state index contributed by atoms with van der Waals surface area (Å²) in [4.78, 5) is 8.75. The standard InChI is InChI=1S/C13H24N4O/c1-6-7-14-12-15-8-10(2)11(16-12)17-13(3,4)9-18-5/h8H,6-7,9H2,1-5H3,(H2,14,15,16,17). The largest absolute Gasteiger partial charge is 0.382 e. The van der Waals surface area contributed by atoms with Crippen LogP contribution < -0.4 is 10.6 Å². The van der Waals surface area contributed by atoms with Crippen LogP contribution in [0.25, 0.3) is 0 Å². The molecule has 1 aromatic rings. The zero-order valence-corrected chi connectivity index (χ0v) is 12.0. The first-order valence-electron chi connectivity index (χ1n) is 6.33. The van der Waals surface area contributed by atoms with Crippen molar-refractivity contribution in [3.63, 3.8) is 0 Å². The number of hydrogen-bond donors (Lipinski definition) is 2. The molecular weight excluding hydrogens is 228 g/mol. The van der Waals surface area contributed by atoms with Crippen LogP contribution in [0.2, 0.25) is 0 Å². The van der Waals surface area contributed by atoms with Crippen molar-refractivity contribution in [2.45, 2.75) is 39.7 Å². The first kappa shape index (κ1) is 14.7. The predicted octanol–water partition coefficient (Wildman–Crippen LogP) is 2.44. The van der Waals surface area contributed by atoms with Gasteiger partial charge in [-0.1, -0.05) is 6.92 Å². The van der Waals surface area contributed by atoms with E-state index < -0.39 is 0 Å². The van der Waals surface area contributed by atoms with Gasteiger partial charge in [0.2, 0.25) is 5.95 Å². The molecule has 0 saturated heterocycles. The van der Waals surface area contributed by atoms with E-state index in [1.165, 1.54) is 0 Å². The number of ether oxygens (including phenoxy) is 1. The second-order valence-corrected chi connectivity index (χ2v) is 5.09. The van der Waals surface area contributed by atoms with Crippen LogP contribution in [0, 0.1) is 6.92 Å². The molecule has 0 aliphatic rings. The SMILES string of the molecule is CCCNc1ncc(C)c(NC(C)(C)COC)n1. The Balaban J connectivity index is 2.80. The van der Waals surface area contributed by atoms with E-state index in [2.05, 4.69) is 41.4 Å². The Hall–Kier alpha value is -1.36. The Kier molecular flexibility index (Phi) is 5.34. The molecule has 0 radical (unpaired) electrons. The number of aromatic nitrogens is 2. The number of hydrogen-bond acceptors (Lipinski definition) is 5. The molecule has 0 bridgehead atoms. The molecule has 0 amide bonds. The van der Waals surface area contributed by atoms with E-state index >= 15 is 0 Å². The van der Waals surface area contributed by atoms with Gasteiger partial charge in [0, 0.05) is 25.4 Å². The number of anilines is 2. The Morgan fingerprint density at radius 1 is 1.39 bits per heavy atom. The second-order valence-electron chi connectivity index (χ2n) is 5.09. The molecule has 0 aliphatic carbocycles. The number of methoxy groups -OCH3 is 1. The highest BCUT2D eigenvalue weighted by Crippen LogP contribution is 2.18. The van der Waals surface area contributed by atoms with Crippen molar-refractivity contribution in [1.82, 2.24) is 9.97 Å². The first-order valence-corrected chi connectivity index (χ1v) is 6.33. The second kappa shape index (κ2) is 6.54. The van der Waals surface area contributed by atoms with E-state index in [4.69, 9.17) is 4.74 Å². The zero-order chi connectivity index (χ0) is 13.6. The van der Waals surface area contributed by atoms with E-state index in [-0.39, 0.29) is 5.54 Å². The maximum Gasteiger partial charge on any atom is 0.224 e. The Morgan fingerprint density at radius 2 is 2.11 bits per heavy atom. The summed E-state index contributed by atoms with van der Waals surface area (Å²) < 4.78 is 5.19. The van der Waals surface area contributed by atoms with Crippen molar-refractivity contribution in [1.29, 1.82) is 0 Å². The Morgan fingerprint density at radius 3 is 2.72 bits per heavy atom. The molecule has 5 nitrogen and oxygen atoms in total. The van der Waals surface area contributed by atoms with Crippen LogP contribution in [0.1, 0.15) is 32.8 Å². The van der Waals surface area contributed by atoms with Gasteiger partial charge in [-0.3, -0.25) is 0 Å². The van der Waals surface area contributed by atoms with Crippen LogP contribution in [-0.2, 0) is 4.74 Å². The van der Waals surface area contributed by atoms with Crippen molar-refractivity contribution in [3.8, 4) is 0 Å². The summed E-state index contributed by atoms with van der Waals surface area (Å²) >= 11 is 0. The average Bonchev–Trinajstić information content (AvgIpc) is 2.29. The summed E-state index contributed by atoms with van der Waals surface area (Å²) in [6.45, 7) is 9.77. The lowest BCUT2D eigenvalue weighted by molar-refractivity contribution is 0.158. The topological polar surface area (TPSA) is 59.1 Å². The fourth-order valence-corrected chi connectivity index (χ4v) is 1.61. The highest BCUT2D eigenvalue weighted by Gasteiger charge is 2.19. The van der Waals surface area contributed by atoms with Crippen LogP contribution >= 0.6 is 0 Å². The van der Waals surface area contributed by atoms with Crippen molar-refractivity contribution >= 4 is 11.8 Å². The maximum absolute atomic E-state index is 5.19. The summed E-state index contributed by atoms with van der Waals surface area (Å²) in [5.41, 5.74) is 0.872. The van der Waals surface area contributed by atoms with Gasteiger partial charge >= 0.3 is 0 Å². The third-order valence-electron chi connectivity index (χ3n) is 2.47. The normalized spacial score (nSPS) is 11.4. The molecule has 102 valence electrons. The summed E-state index contributed by atoms with van der Waals surface area (Å²) in [6.07, 6.45) is 2.88. The van der Waals surface area contributed by atoms with E-state index in [9.17, 15) is 0 Å². The molecule has 1 aromatic heterocycles. The van der Waals surface area contributed by atoms with Crippen LogP contribution in [-0.4, -0.2) is 35.8 Å². The van der Waals surface area contributed by atoms with Gasteiger partial charge < -0.3 is 15.4 Å². The predicted molar refractivity (Wildman–Crippen MR) is 75.1 cm³/mol. The third kappa shape index (κ3) is 4.49. The summed E-state index contributed by atoms with van der Waals surface area (Å²) in [5, 5.41) is 6.57. The van der Waals surface area contributed by atoms with Crippen LogP contribution in [0.5, 0.6) is 0 Å². The lowest BCUT2D eigenvalue weighted by Gasteiger charge is -2.26. The van der Waals surface area contributed by atoms with E-state index in [0.29, 0.717) is 12.6 Å². The molecule has 1 rings (SSSR count). The highest BCUT2D eigenvalue weighted by molar-refractivity contribution is 5.48. The van der Waals surface area contributed by atoms with Gasteiger partial charge in [0.1, 0.15) is 5.82 Å². The summed E-state index contributed by atoms with van der Waals surface area (Å²) in [6, 6.07) is 0. The lowest BCUT2D eigenvalue weighted by atomic mass is 10.1.